The lowest BCUT2D eigenvalue weighted by molar-refractivity contribution is 0.0937. The zero-order valence-corrected chi connectivity index (χ0v) is 19.4. The Morgan fingerprint density at radius 2 is 1.78 bits per heavy atom. The molecule has 3 aromatic carbocycles. The van der Waals surface area contributed by atoms with Crippen LogP contribution in [0.3, 0.4) is 0 Å². The van der Waals surface area contributed by atoms with Gasteiger partial charge in [0.2, 0.25) is 0 Å². The van der Waals surface area contributed by atoms with Gasteiger partial charge in [-0.2, -0.15) is 0 Å². The second kappa shape index (κ2) is 9.58. The number of nitrogens with one attached hydrogen (secondary N) is 1. The molecule has 164 valence electrons. The van der Waals surface area contributed by atoms with Crippen molar-refractivity contribution in [1.82, 2.24) is 14.9 Å². The van der Waals surface area contributed by atoms with Gasteiger partial charge in [-0.25, -0.2) is 4.98 Å². The number of carbonyl (C=O) groups excluding carboxylic acids is 1. The molecule has 0 saturated heterocycles. The van der Waals surface area contributed by atoms with Crippen LogP contribution in [-0.4, -0.2) is 15.5 Å². The molecule has 4 rings (SSSR count). The monoisotopic (exact) mass is 445 g/mol. The largest absolute Gasteiger partial charge is 0.342 e. The Bertz CT molecular complexity index is 1230. The van der Waals surface area contributed by atoms with E-state index in [1.54, 1.807) is 24.3 Å². The van der Waals surface area contributed by atoms with Crippen molar-refractivity contribution in [3.05, 3.63) is 100 Å². The molecule has 1 aromatic heterocycles. The lowest BCUT2D eigenvalue weighted by atomic mass is 9.97. The number of hydrogen-bond donors (Lipinski definition) is 1. The number of nitrogens with zero attached hydrogens (tertiary/aromatic N) is 2. The lowest BCUT2D eigenvalue weighted by Gasteiger charge is -2.17. The van der Waals surface area contributed by atoms with Crippen LogP contribution in [0.15, 0.2) is 72.8 Å². The first-order chi connectivity index (χ1) is 15.5. The maximum atomic E-state index is 12.8. The predicted molar refractivity (Wildman–Crippen MR) is 131 cm³/mol. The zero-order valence-electron chi connectivity index (χ0n) is 18.7. The molecule has 0 aliphatic carbocycles. The Kier molecular flexibility index (Phi) is 6.61. The lowest BCUT2D eigenvalue weighted by Crippen LogP contribution is -2.28. The van der Waals surface area contributed by atoms with Gasteiger partial charge in [-0.3, -0.25) is 4.79 Å². The Morgan fingerprint density at radius 1 is 1.03 bits per heavy atom. The van der Waals surface area contributed by atoms with E-state index in [2.05, 4.69) is 54.1 Å². The Balaban J connectivity index is 1.63. The molecule has 2 unspecified atom stereocenters. The SMILES string of the molecule is CCC(C)c1ccc(Cn2c(C(C)NC(=O)c3cccc(Cl)c3)nc3ccccc32)cc1. The van der Waals surface area contributed by atoms with Gasteiger partial charge in [-0.15, -0.1) is 0 Å². The van der Waals surface area contributed by atoms with E-state index in [4.69, 9.17) is 16.6 Å². The second-order valence-corrected chi connectivity index (χ2v) is 8.74. The summed E-state index contributed by atoms with van der Waals surface area (Å²) in [7, 11) is 0. The molecule has 0 radical (unpaired) electrons. The fourth-order valence-electron chi connectivity index (χ4n) is 3.93. The molecule has 2 atom stereocenters. The number of amides is 1. The number of aromatic nitrogens is 2. The number of halogens is 1. The van der Waals surface area contributed by atoms with Crippen LogP contribution in [0.4, 0.5) is 0 Å². The summed E-state index contributed by atoms with van der Waals surface area (Å²) in [4.78, 5) is 17.6. The number of benzene rings is 3. The third kappa shape index (κ3) is 4.71. The molecule has 1 N–H and O–H groups in total. The smallest absolute Gasteiger partial charge is 0.251 e. The van der Waals surface area contributed by atoms with E-state index in [0.29, 0.717) is 23.0 Å². The van der Waals surface area contributed by atoms with Gasteiger partial charge >= 0.3 is 0 Å². The summed E-state index contributed by atoms with van der Waals surface area (Å²) < 4.78 is 2.19. The average molecular weight is 446 g/mol. The summed E-state index contributed by atoms with van der Waals surface area (Å²) >= 11 is 6.05. The van der Waals surface area contributed by atoms with E-state index in [1.165, 1.54) is 11.1 Å². The van der Waals surface area contributed by atoms with Crippen molar-refractivity contribution in [2.24, 2.45) is 0 Å². The maximum absolute atomic E-state index is 12.8. The van der Waals surface area contributed by atoms with E-state index in [1.807, 2.05) is 25.1 Å². The summed E-state index contributed by atoms with van der Waals surface area (Å²) in [5.41, 5.74) is 5.07. The third-order valence-electron chi connectivity index (χ3n) is 6.01. The highest BCUT2D eigenvalue weighted by atomic mass is 35.5. The first kappa shape index (κ1) is 22.1. The molecule has 1 amide bonds. The zero-order chi connectivity index (χ0) is 22.7. The topological polar surface area (TPSA) is 46.9 Å². The molecule has 32 heavy (non-hydrogen) atoms. The van der Waals surface area contributed by atoms with Crippen molar-refractivity contribution >= 4 is 28.5 Å². The Morgan fingerprint density at radius 3 is 2.50 bits per heavy atom. The molecule has 4 nitrogen and oxygen atoms in total. The average Bonchev–Trinajstić information content (AvgIpc) is 3.17. The molecule has 4 aromatic rings. The van der Waals surface area contributed by atoms with E-state index in [-0.39, 0.29) is 11.9 Å². The minimum absolute atomic E-state index is 0.170. The highest BCUT2D eigenvalue weighted by Crippen LogP contribution is 2.24. The molecule has 0 spiro atoms. The van der Waals surface area contributed by atoms with Gasteiger partial charge < -0.3 is 9.88 Å². The number of fused-ring (bicyclic) bond motifs is 1. The molecule has 0 fully saturated rings. The van der Waals surface area contributed by atoms with Gasteiger partial charge in [0.05, 0.1) is 17.1 Å². The molecular weight excluding hydrogens is 418 g/mol. The summed E-state index contributed by atoms with van der Waals surface area (Å²) in [6.07, 6.45) is 1.12. The number of imidazole rings is 1. The standard InChI is InChI=1S/C27H28ClN3O/c1-4-18(2)21-14-12-20(13-15-21)17-31-25-11-6-5-10-24(25)30-26(31)19(3)29-27(32)22-8-7-9-23(28)16-22/h5-16,18-19H,4,17H2,1-3H3,(H,29,32). The van der Waals surface area contributed by atoms with Gasteiger partial charge in [0.1, 0.15) is 5.82 Å². The first-order valence-electron chi connectivity index (χ1n) is 11.1. The fourth-order valence-corrected chi connectivity index (χ4v) is 4.13. The molecule has 1 heterocycles. The van der Waals surface area contributed by atoms with Crippen LogP contribution >= 0.6 is 11.6 Å². The molecule has 5 heteroatoms. The minimum atomic E-state index is -0.270. The Labute approximate surface area is 194 Å². The van der Waals surface area contributed by atoms with Gasteiger partial charge in [0.25, 0.3) is 5.91 Å². The highest BCUT2D eigenvalue weighted by Gasteiger charge is 2.19. The van der Waals surface area contributed by atoms with Gasteiger partial charge in [0.15, 0.2) is 0 Å². The molecule has 0 aliphatic heterocycles. The molecular formula is C27H28ClN3O. The van der Waals surface area contributed by atoms with Crippen molar-refractivity contribution < 1.29 is 4.79 Å². The van der Waals surface area contributed by atoms with Crippen LogP contribution in [0.5, 0.6) is 0 Å². The van der Waals surface area contributed by atoms with Crippen LogP contribution in [0, 0.1) is 0 Å². The normalized spacial score (nSPS) is 13.1. The highest BCUT2D eigenvalue weighted by molar-refractivity contribution is 6.30. The number of para-hydroxylation sites is 2. The molecule has 0 saturated carbocycles. The van der Waals surface area contributed by atoms with E-state index >= 15 is 0 Å². The van der Waals surface area contributed by atoms with E-state index in [0.717, 1.165) is 23.3 Å². The number of hydrogen-bond acceptors (Lipinski definition) is 2. The van der Waals surface area contributed by atoms with Crippen LogP contribution < -0.4 is 5.32 Å². The van der Waals surface area contributed by atoms with Gasteiger partial charge in [-0.05, 0) is 60.7 Å². The predicted octanol–water partition coefficient (Wildman–Crippen LogP) is 6.74. The second-order valence-electron chi connectivity index (χ2n) is 8.30. The fraction of sp³-hybridized carbons (Fsp3) is 0.259. The summed E-state index contributed by atoms with van der Waals surface area (Å²) in [6.45, 7) is 7.11. The van der Waals surface area contributed by atoms with Crippen LogP contribution in [0.1, 0.15) is 66.5 Å². The van der Waals surface area contributed by atoms with Crippen molar-refractivity contribution in [2.75, 3.05) is 0 Å². The van der Waals surface area contributed by atoms with Crippen molar-refractivity contribution in [3.8, 4) is 0 Å². The summed E-state index contributed by atoms with van der Waals surface area (Å²) in [5.74, 6) is 1.21. The minimum Gasteiger partial charge on any atom is -0.342 e. The Hall–Kier alpha value is -3.11. The quantitative estimate of drug-likeness (QED) is 0.342. The van der Waals surface area contributed by atoms with Crippen LogP contribution in [-0.2, 0) is 6.54 Å². The van der Waals surface area contributed by atoms with E-state index in [9.17, 15) is 4.79 Å². The maximum Gasteiger partial charge on any atom is 0.251 e. The molecule has 0 aliphatic rings. The van der Waals surface area contributed by atoms with Crippen molar-refractivity contribution in [3.63, 3.8) is 0 Å². The van der Waals surface area contributed by atoms with Crippen LogP contribution in [0.2, 0.25) is 5.02 Å². The third-order valence-corrected chi connectivity index (χ3v) is 6.24. The molecule has 0 bridgehead atoms. The summed E-state index contributed by atoms with van der Waals surface area (Å²) in [6, 6.07) is 23.6. The number of rotatable bonds is 7. The number of carbonyl (C=O) groups is 1. The van der Waals surface area contributed by atoms with Crippen LogP contribution in [0.25, 0.3) is 11.0 Å². The van der Waals surface area contributed by atoms with Crippen molar-refractivity contribution in [1.29, 1.82) is 0 Å². The van der Waals surface area contributed by atoms with Gasteiger partial charge in [0, 0.05) is 17.1 Å². The first-order valence-corrected chi connectivity index (χ1v) is 11.4. The summed E-state index contributed by atoms with van der Waals surface area (Å²) in [5, 5.41) is 3.62. The van der Waals surface area contributed by atoms with E-state index < -0.39 is 0 Å². The van der Waals surface area contributed by atoms with Gasteiger partial charge in [-0.1, -0.05) is 67.9 Å². The van der Waals surface area contributed by atoms with Crippen molar-refractivity contribution in [2.45, 2.75) is 45.7 Å².